The normalized spacial score (nSPS) is 17.0. The molecule has 0 unspecified atom stereocenters. The van der Waals surface area contributed by atoms with Crippen molar-refractivity contribution in [2.75, 3.05) is 21.7 Å². The van der Waals surface area contributed by atoms with Gasteiger partial charge < -0.3 is 20.4 Å². The molecule has 0 amide bonds. The van der Waals surface area contributed by atoms with E-state index in [4.69, 9.17) is 22.2 Å². The van der Waals surface area contributed by atoms with Crippen molar-refractivity contribution in [3.63, 3.8) is 0 Å². The van der Waals surface area contributed by atoms with Gasteiger partial charge in [-0.15, -0.1) is 0 Å². The standard InChI is InChI=1S/C33H34N6S/c40-32(34-23-33(16-8-9-17-33)28-14-2-1-3-15-28)37-31-35-29(38-19-24-10-4-5-11-25(24)20-38)18-30(36-31)39-21-26-12-6-7-13-27(26)22-39/h1-7,10-15,18H,8-9,16-17,19-23H2,(H2,34,35,36,37,40). The number of benzene rings is 3. The number of fused-ring (bicyclic) bond motifs is 2. The molecule has 6 nitrogen and oxygen atoms in total. The molecule has 40 heavy (non-hydrogen) atoms. The molecule has 3 heterocycles. The van der Waals surface area contributed by atoms with Crippen molar-refractivity contribution in [2.24, 2.45) is 0 Å². The average Bonchev–Trinajstić information content (AvgIpc) is 3.75. The number of anilines is 3. The maximum atomic E-state index is 5.81. The molecule has 1 saturated carbocycles. The third kappa shape index (κ3) is 4.90. The van der Waals surface area contributed by atoms with Crippen LogP contribution in [0.15, 0.2) is 84.9 Å². The summed E-state index contributed by atoms with van der Waals surface area (Å²) in [6, 6.07) is 30.3. The van der Waals surface area contributed by atoms with Crippen molar-refractivity contribution in [1.82, 2.24) is 15.3 Å². The highest BCUT2D eigenvalue weighted by Crippen LogP contribution is 2.40. The molecule has 0 bridgehead atoms. The van der Waals surface area contributed by atoms with Crippen LogP contribution in [0.4, 0.5) is 17.6 Å². The van der Waals surface area contributed by atoms with Crippen molar-refractivity contribution in [3.05, 3.63) is 113 Å². The monoisotopic (exact) mass is 546 g/mol. The van der Waals surface area contributed by atoms with E-state index in [2.05, 4.69) is 105 Å². The molecule has 1 aromatic heterocycles. The van der Waals surface area contributed by atoms with Crippen LogP contribution in [0.1, 0.15) is 53.5 Å². The fourth-order valence-electron chi connectivity index (χ4n) is 6.60. The molecule has 3 aromatic carbocycles. The summed E-state index contributed by atoms with van der Waals surface area (Å²) in [6.45, 7) is 4.17. The first-order chi connectivity index (χ1) is 19.6. The highest BCUT2D eigenvalue weighted by molar-refractivity contribution is 7.80. The molecule has 1 fully saturated rings. The summed E-state index contributed by atoms with van der Waals surface area (Å²) in [5.41, 5.74) is 6.92. The molecule has 0 atom stereocenters. The molecule has 202 valence electrons. The molecule has 1 aliphatic carbocycles. The number of hydrogen-bond acceptors (Lipinski definition) is 5. The zero-order valence-electron chi connectivity index (χ0n) is 22.6. The maximum absolute atomic E-state index is 5.81. The average molecular weight is 547 g/mol. The topological polar surface area (TPSA) is 56.3 Å². The zero-order valence-corrected chi connectivity index (χ0v) is 23.5. The first kappa shape index (κ1) is 25.0. The Balaban J connectivity index is 1.12. The minimum absolute atomic E-state index is 0.115. The lowest BCUT2D eigenvalue weighted by Crippen LogP contribution is -2.41. The molecule has 3 aliphatic rings. The summed E-state index contributed by atoms with van der Waals surface area (Å²) < 4.78 is 0. The van der Waals surface area contributed by atoms with E-state index in [1.807, 2.05) is 0 Å². The highest BCUT2D eigenvalue weighted by Gasteiger charge is 2.35. The van der Waals surface area contributed by atoms with E-state index in [0.717, 1.165) is 44.4 Å². The molecule has 2 aliphatic heterocycles. The predicted molar refractivity (Wildman–Crippen MR) is 166 cm³/mol. The van der Waals surface area contributed by atoms with Crippen molar-refractivity contribution in [1.29, 1.82) is 0 Å². The van der Waals surface area contributed by atoms with E-state index in [0.29, 0.717) is 11.1 Å². The fraction of sp³-hybridized carbons (Fsp3) is 0.303. The van der Waals surface area contributed by atoms with Crippen LogP contribution in [0.2, 0.25) is 0 Å². The van der Waals surface area contributed by atoms with Crippen LogP contribution in [-0.2, 0) is 31.6 Å². The Labute approximate surface area is 241 Å². The first-order valence-corrected chi connectivity index (χ1v) is 14.7. The minimum atomic E-state index is 0.115. The SMILES string of the molecule is S=C(NCC1(c2ccccc2)CCCC1)Nc1nc(N2Cc3ccccc3C2)cc(N2Cc3ccccc3C2)n1. The Morgan fingerprint density at radius 2 is 1.18 bits per heavy atom. The van der Waals surface area contributed by atoms with Crippen LogP contribution in [0, 0.1) is 0 Å². The quantitative estimate of drug-likeness (QED) is 0.275. The van der Waals surface area contributed by atoms with Gasteiger partial charge >= 0.3 is 0 Å². The summed E-state index contributed by atoms with van der Waals surface area (Å²) in [5, 5.41) is 7.45. The van der Waals surface area contributed by atoms with Gasteiger partial charge in [0.25, 0.3) is 0 Å². The second-order valence-electron chi connectivity index (χ2n) is 11.3. The van der Waals surface area contributed by atoms with Crippen LogP contribution in [-0.4, -0.2) is 21.6 Å². The molecule has 2 N–H and O–H groups in total. The van der Waals surface area contributed by atoms with Crippen LogP contribution < -0.4 is 20.4 Å². The van der Waals surface area contributed by atoms with Crippen molar-refractivity contribution < 1.29 is 0 Å². The smallest absolute Gasteiger partial charge is 0.232 e. The molecule has 0 spiro atoms. The Hall–Kier alpha value is -3.97. The van der Waals surface area contributed by atoms with Gasteiger partial charge in [-0.1, -0.05) is 91.7 Å². The third-order valence-corrected chi connectivity index (χ3v) is 9.03. The number of nitrogens with one attached hydrogen (secondary N) is 2. The summed E-state index contributed by atoms with van der Waals surface area (Å²) in [6.07, 6.45) is 4.85. The van der Waals surface area contributed by atoms with Crippen molar-refractivity contribution in [3.8, 4) is 0 Å². The van der Waals surface area contributed by atoms with Gasteiger partial charge in [0.15, 0.2) is 5.11 Å². The van der Waals surface area contributed by atoms with Gasteiger partial charge in [-0.05, 0) is 52.9 Å². The predicted octanol–water partition coefficient (Wildman–Crippen LogP) is 6.32. The van der Waals surface area contributed by atoms with E-state index in [9.17, 15) is 0 Å². The Kier molecular flexibility index (Phi) is 6.60. The first-order valence-electron chi connectivity index (χ1n) is 14.3. The lowest BCUT2D eigenvalue weighted by Gasteiger charge is -2.30. The molecule has 0 saturated heterocycles. The van der Waals surface area contributed by atoms with Gasteiger partial charge in [0.2, 0.25) is 5.95 Å². The Bertz CT molecular complexity index is 1410. The molecular formula is C33H34N6S. The van der Waals surface area contributed by atoms with E-state index in [-0.39, 0.29) is 5.41 Å². The lowest BCUT2D eigenvalue weighted by molar-refractivity contribution is 0.435. The van der Waals surface area contributed by atoms with Gasteiger partial charge in [-0.25, -0.2) is 0 Å². The lowest BCUT2D eigenvalue weighted by atomic mass is 9.79. The largest absolute Gasteiger partial charge is 0.361 e. The van der Waals surface area contributed by atoms with Gasteiger partial charge in [0, 0.05) is 44.2 Å². The highest BCUT2D eigenvalue weighted by atomic mass is 32.1. The van der Waals surface area contributed by atoms with E-state index in [1.54, 1.807) is 0 Å². The summed E-state index contributed by atoms with van der Waals surface area (Å²) >= 11 is 5.81. The zero-order chi connectivity index (χ0) is 26.9. The Morgan fingerprint density at radius 1 is 0.700 bits per heavy atom. The number of aromatic nitrogens is 2. The van der Waals surface area contributed by atoms with Crippen molar-refractivity contribution in [2.45, 2.75) is 57.3 Å². The van der Waals surface area contributed by atoms with Gasteiger partial charge in [-0.3, -0.25) is 0 Å². The maximum Gasteiger partial charge on any atom is 0.232 e. The molecule has 7 heteroatoms. The molecule has 4 aromatic rings. The summed E-state index contributed by atoms with van der Waals surface area (Å²) in [5.74, 6) is 2.37. The minimum Gasteiger partial charge on any atom is -0.361 e. The fourth-order valence-corrected chi connectivity index (χ4v) is 6.76. The van der Waals surface area contributed by atoms with E-state index >= 15 is 0 Å². The van der Waals surface area contributed by atoms with Gasteiger partial charge in [0.1, 0.15) is 11.6 Å². The Morgan fingerprint density at radius 3 is 1.68 bits per heavy atom. The summed E-state index contributed by atoms with van der Waals surface area (Å²) in [7, 11) is 0. The molecular weight excluding hydrogens is 512 g/mol. The van der Waals surface area contributed by atoms with Crippen molar-refractivity contribution >= 4 is 34.9 Å². The second-order valence-corrected chi connectivity index (χ2v) is 11.7. The summed E-state index contributed by atoms with van der Waals surface area (Å²) in [4.78, 5) is 14.6. The van der Waals surface area contributed by atoms with Crippen LogP contribution >= 0.6 is 12.2 Å². The van der Waals surface area contributed by atoms with Crippen LogP contribution in [0.5, 0.6) is 0 Å². The van der Waals surface area contributed by atoms with E-state index in [1.165, 1.54) is 53.5 Å². The van der Waals surface area contributed by atoms with Crippen LogP contribution in [0.3, 0.4) is 0 Å². The van der Waals surface area contributed by atoms with Gasteiger partial charge in [0.05, 0.1) is 0 Å². The second kappa shape index (κ2) is 10.5. The third-order valence-electron chi connectivity index (χ3n) is 8.79. The number of rotatable bonds is 6. The molecule has 0 radical (unpaired) electrons. The number of thiocarbonyl (C=S) groups is 1. The van der Waals surface area contributed by atoms with Gasteiger partial charge in [-0.2, -0.15) is 9.97 Å². The van der Waals surface area contributed by atoms with Crippen LogP contribution in [0.25, 0.3) is 0 Å². The molecule has 7 rings (SSSR count). The number of hydrogen-bond donors (Lipinski definition) is 2. The number of nitrogens with zero attached hydrogens (tertiary/aromatic N) is 4. The van der Waals surface area contributed by atoms with E-state index < -0.39 is 0 Å².